The second-order valence-electron chi connectivity index (χ2n) is 5.94. The van der Waals surface area contributed by atoms with Crippen molar-refractivity contribution in [3.63, 3.8) is 0 Å². The molecule has 22 heavy (non-hydrogen) atoms. The van der Waals surface area contributed by atoms with Crippen LogP contribution in [0.5, 0.6) is 5.75 Å². The molecular weight excluding hydrogens is 296 g/mol. The average Bonchev–Trinajstić information content (AvgIpc) is 2.49. The van der Waals surface area contributed by atoms with Crippen molar-refractivity contribution >= 4 is 17.6 Å². The quantitative estimate of drug-likeness (QED) is 0.556. The Kier molecular flexibility index (Phi) is 5.62. The third-order valence-corrected chi connectivity index (χ3v) is 3.76. The number of carbonyl (C=O) groups is 1. The molecule has 0 heterocycles. The third kappa shape index (κ3) is 4.60. The van der Waals surface area contributed by atoms with Gasteiger partial charge in [0.1, 0.15) is 5.75 Å². The van der Waals surface area contributed by atoms with Gasteiger partial charge in [0.15, 0.2) is 0 Å². The Hall–Kier alpha value is -1.80. The molecule has 2 aromatic rings. The molecule has 0 unspecified atom stereocenters. The zero-order valence-electron chi connectivity index (χ0n) is 13.2. The summed E-state index contributed by atoms with van der Waals surface area (Å²) in [5.41, 5.74) is 2.25. The van der Waals surface area contributed by atoms with Crippen LogP contribution in [0.3, 0.4) is 0 Å². The van der Waals surface area contributed by atoms with E-state index in [1.807, 2.05) is 19.1 Å². The maximum atomic E-state index is 12.2. The summed E-state index contributed by atoms with van der Waals surface area (Å²) < 4.78 is 5.38. The lowest BCUT2D eigenvalue weighted by Crippen LogP contribution is -2.16. The van der Waals surface area contributed by atoms with E-state index in [9.17, 15) is 4.79 Å². The standard InChI is InChI=1S/C19H21ClO2/c1-13(2)12-15-4-6-16(7-5-15)14(3)19(21)22-18-10-8-17(20)9-11-18/h4-11,13-14H,12H2,1-3H3/t14-/m1/s1. The highest BCUT2D eigenvalue weighted by atomic mass is 35.5. The Bertz CT molecular complexity index is 615. The molecule has 1 atom stereocenters. The van der Waals surface area contributed by atoms with E-state index in [1.165, 1.54) is 5.56 Å². The normalized spacial score (nSPS) is 12.2. The van der Waals surface area contributed by atoms with Crippen molar-refractivity contribution < 1.29 is 9.53 Å². The molecule has 2 nitrogen and oxygen atoms in total. The summed E-state index contributed by atoms with van der Waals surface area (Å²) in [7, 11) is 0. The Morgan fingerprint density at radius 3 is 2.14 bits per heavy atom. The molecule has 0 saturated heterocycles. The first kappa shape index (κ1) is 16.6. The molecule has 0 spiro atoms. The smallest absolute Gasteiger partial charge is 0.318 e. The topological polar surface area (TPSA) is 26.3 Å². The fourth-order valence-corrected chi connectivity index (χ4v) is 2.38. The fraction of sp³-hybridized carbons (Fsp3) is 0.316. The van der Waals surface area contributed by atoms with Gasteiger partial charge in [-0.15, -0.1) is 0 Å². The Balaban J connectivity index is 2.02. The second kappa shape index (κ2) is 7.46. The fourth-order valence-electron chi connectivity index (χ4n) is 2.26. The van der Waals surface area contributed by atoms with Crippen molar-refractivity contribution in [1.82, 2.24) is 0 Å². The lowest BCUT2D eigenvalue weighted by atomic mass is 9.97. The average molecular weight is 317 g/mol. The first-order valence-corrected chi connectivity index (χ1v) is 7.89. The maximum Gasteiger partial charge on any atom is 0.318 e. The highest BCUT2D eigenvalue weighted by molar-refractivity contribution is 6.30. The second-order valence-corrected chi connectivity index (χ2v) is 6.37. The number of carbonyl (C=O) groups excluding carboxylic acids is 1. The van der Waals surface area contributed by atoms with Crippen LogP contribution in [0, 0.1) is 5.92 Å². The zero-order valence-corrected chi connectivity index (χ0v) is 13.9. The van der Waals surface area contributed by atoms with E-state index in [1.54, 1.807) is 24.3 Å². The summed E-state index contributed by atoms with van der Waals surface area (Å²) in [6.07, 6.45) is 1.05. The van der Waals surface area contributed by atoms with E-state index < -0.39 is 0 Å². The third-order valence-electron chi connectivity index (χ3n) is 3.51. The van der Waals surface area contributed by atoms with Gasteiger partial charge in [0, 0.05) is 5.02 Å². The predicted octanol–water partition coefficient (Wildman–Crippen LogP) is 5.25. The van der Waals surface area contributed by atoms with Crippen molar-refractivity contribution in [2.75, 3.05) is 0 Å². The molecule has 0 amide bonds. The van der Waals surface area contributed by atoms with Crippen molar-refractivity contribution in [3.05, 3.63) is 64.7 Å². The predicted molar refractivity (Wildman–Crippen MR) is 90.5 cm³/mol. The van der Waals surface area contributed by atoms with Gasteiger partial charge in [-0.25, -0.2) is 0 Å². The monoisotopic (exact) mass is 316 g/mol. The number of ether oxygens (including phenoxy) is 1. The molecule has 0 N–H and O–H groups in total. The van der Waals surface area contributed by atoms with Gasteiger partial charge in [0.2, 0.25) is 0 Å². The van der Waals surface area contributed by atoms with E-state index in [0.29, 0.717) is 16.7 Å². The molecular formula is C19H21ClO2. The van der Waals surface area contributed by atoms with Gasteiger partial charge in [-0.1, -0.05) is 49.7 Å². The highest BCUT2D eigenvalue weighted by Crippen LogP contribution is 2.22. The molecule has 0 saturated carbocycles. The first-order valence-electron chi connectivity index (χ1n) is 7.52. The van der Waals surface area contributed by atoms with E-state index in [-0.39, 0.29) is 11.9 Å². The Morgan fingerprint density at radius 1 is 1.00 bits per heavy atom. The summed E-state index contributed by atoms with van der Waals surface area (Å²) in [5, 5.41) is 0.619. The van der Waals surface area contributed by atoms with Crippen molar-refractivity contribution in [2.45, 2.75) is 33.1 Å². The van der Waals surface area contributed by atoms with Gasteiger partial charge in [0.05, 0.1) is 5.92 Å². The molecule has 0 aliphatic heterocycles. The van der Waals surface area contributed by atoms with Gasteiger partial charge < -0.3 is 4.74 Å². The molecule has 0 aromatic heterocycles. The summed E-state index contributed by atoms with van der Waals surface area (Å²) in [6, 6.07) is 15.0. The molecule has 3 heteroatoms. The number of hydrogen-bond acceptors (Lipinski definition) is 2. The van der Waals surface area contributed by atoms with E-state index >= 15 is 0 Å². The van der Waals surface area contributed by atoms with Crippen molar-refractivity contribution in [2.24, 2.45) is 5.92 Å². The van der Waals surface area contributed by atoms with Gasteiger partial charge >= 0.3 is 5.97 Å². The van der Waals surface area contributed by atoms with Crippen LogP contribution >= 0.6 is 11.6 Å². The molecule has 0 radical (unpaired) electrons. The summed E-state index contributed by atoms with van der Waals surface area (Å²) in [4.78, 5) is 12.2. The van der Waals surface area contributed by atoms with Gasteiger partial charge in [-0.3, -0.25) is 4.79 Å². The van der Waals surface area contributed by atoms with Gasteiger partial charge in [-0.2, -0.15) is 0 Å². The van der Waals surface area contributed by atoms with E-state index in [4.69, 9.17) is 16.3 Å². The molecule has 0 bridgehead atoms. The molecule has 0 aliphatic rings. The zero-order chi connectivity index (χ0) is 16.1. The summed E-state index contributed by atoms with van der Waals surface area (Å²) in [5.74, 6) is 0.568. The van der Waals surface area contributed by atoms with Crippen LogP contribution in [-0.4, -0.2) is 5.97 Å². The van der Waals surface area contributed by atoms with Crippen LogP contribution < -0.4 is 4.74 Å². The van der Waals surface area contributed by atoms with Crippen LogP contribution in [0.15, 0.2) is 48.5 Å². The van der Waals surface area contributed by atoms with Crippen LogP contribution in [0.4, 0.5) is 0 Å². The Morgan fingerprint density at radius 2 is 1.59 bits per heavy atom. The molecule has 0 fully saturated rings. The van der Waals surface area contributed by atoms with Crippen molar-refractivity contribution in [1.29, 1.82) is 0 Å². The largest absolute Gasteiger partial charge is 0.426 e. The number of rotatable bonds is 5. The minimum atomic E-state index is -0.302. The molecule has 0 aliphatic carbocycles. The van der Waals surface area contributed by atoms with Crippen LogP contribution in [0.2, 0.25) is 5.02 Å². The number of hydrogen-bond donors (Lipinski definition) is 0. The molecule has 2 aromatic carbocycles. The highest BCUT2D eigenvalue weighted by Gasteiger charge is 2.17. The van der Waals surface area contributed by atoms with Crippen LogP contribution in [0.1, 0.15) is 37.8 Å². The number of halogens is 1. The first-order chi connectivity index (χ1) is 10.5. The van der Waals surface area contributed by atoms with Gasteiger partial charge in [-0.05, 0) is 54.7 Å². The number of benzene rings is 2. The summed E-state index contributed by atoms with van der Waals surface area (Å²) in [6.45, 7) is 6.25. The van der Waals surface area contributed by atoms with Crippen LogP contribution in [0.25, 0.3) is 0 Å². The van der Waals surface area contributed by atoms with E-state index in [2.05, 4.69) is 26.0 Å². The maximum absolute atomic E-state index is 12.2. The Labute approximate surface area is 137 Å². The lowest BCUT2D eigenvalue weighted by molar-refractivity contribution is -0.135. The SMILES string of the molecule is CC(C)Cc1ccc([C@@H](C)C(=O)Oc2ccc(Cl)cc2)cc1. The minimum Gasteiger partial charge on any atom is -0.426 e. The van der Waals surface area contributed by atoms with E-state index in [0.717, 1.165) is 12.0 Å². The van der Waals surface area contributed by atoms with Crippen LogP contribution in [-0.2, 0) is 11.2 Å². The minimum absolute atomic E-state index is 0.265. The summed E-state index contributed by atoms with van der Waals surface area (Å²) >= 11 is 5.82. The van der Waals surface area contributed by atoms with Crippen molar-refractivity contribution in [3.8, 4) is 5.75 Å². The number of esters is 1. The molecule has 2 rings (SSSR count). The van der Waals surface area contributed by atoms with Gasteiger partial charge in [0.25, 0.3) is 0 Å². The lowest BCUT2D eigenvalue weighted by Gasteiger charge is -2.13. The molecule has 116 valence electrons.